The van der Waals surface area contributed by atoms with E-state index in [0.717, 1.165) is 0 Å². The lowest BCUT2D eigenvalue weighted by Gasteiger charge is -2.49. The first-order valence-corrected chi connectivity index (χ1v) is 4.36. The molecule has 0 spiro atoms. The van der Waals surface area contributed by atoms with Crippen LogP contribution in [0.1, 0.15) is 13.3 Å². The molecule has 0 aromatic rings. The zero-order valence-corrected chi connectivity index (χ0v) is 7.37. The van der Waals surface area contributed by atoms with Crippen LogP contribution in [0.3, 0.4) is 0 Å². The lowest BCUT2D eigenvalue weighted by atomic mass is 9.81. The van der Waals surface area contributed by atoms with Crippen molar-refractivity contribution in [3.63, 3.8) is 0 Å². The van der Waals surface area contributed by atoms with E-state index < -0.39 is 5.95 Å². The van der Waals surface area contributed by atoms with Gasteiger partial charge in [0.2, 0.25) is 0 Å². The lowest BCUT2D eigenvalue weighted by Crippen LogP contribution is -2.57. The number of rotatable bonds is 1. The van der Waals surface area contributed by atoms with E-state index in [2.05, 4.69) is 0 Å². The second-order valence-corrected chi connectivity index (χ2v) is 3.66. The van der Waals surface area contributed by atoms with Crippen molar-refractivity contribution in [3.05, 3.63) is 24.1 Å². The van der Waals surface area contributed by atoms with Gasteiger partial charge in [-0.3, -0.25) is 0 Å². The molecule has 0 bridgehead atoms. The predicted molar refractivity (Wildman–Crippen MR) is 45.8 cm³/mol. The van der Waals surface area contributed by atoms with Gasteiger partial charge in [-0.05, 0) is 13.0 Å². The molecule has 1 fully saturated rings. The summed E-state index contributed by atoms with van der Waals surface area (Å²) in [5.41, 5.74) is 4.95. The van der Waals surface area contributed by atoms with Crippen LogP contribution in [-0.2, 0) is 0 Å². The van der Waals surface area contributed by atoms with Gasteiger partial charge in [0.05, 0.1) is 0 Å². The summed E-state index contributed by atoms with van der Waals surface area (Å²) in [5.74, 6) is -0.733. The summed E-state index contributed by atoms with van der Waals surface area (Å²) < 4.78 is 25.2. The third-order valence-electron chi connectivity index (χ3n) is 2.90. The Morgan fingerprint density at radius 3 is 3.08 bits per heavy atom. The molecule has 3 atom stereocenters. The minimum absolute atomic E-state index is 0.0505. The van der Waals surface area contributed by atoms with Crippen LogP contribution in [0.15, 0.2) is 24.1 Å². The maximum atomic E-state index is 12.8. The largest absolute Gasteiger partial charge is 0.376 e. The van der Waals surface area contributed by atoms with Crippen molar-refractivity contribution in [2.24, 2.45) is 11.7 Å². The fraction of sp³-hybridized carbons (Fsp3) is 0.556. The first-order chi connectivity index (χ1) is 6.09. The smallest absolute Gasteiger partial charge is 0.180 e. The van der Waals surface area contributed by atoms with Gasteiger partial charge in [-0.15, -0.1) is 0 Å². The molecule has 3 unspecified atom stereocenters. The van der Waals surface area contributed by atoms with E-state index in [9.17, 15) is 8.78 Å². The minimum Gasteiger partial charge on any atom is -0.376 e. The van der Waals surface area contributed by atoms with E-state index in [1.807, 2.05) is 11.8 Å². The lowest BCUT2D eigenvalue weighted by molar-refractivity contribution is 0.0402. The van der Waals surface area contributed by atoms with Crippen molar-refractivity contribution >= 4 is 0 Å². The zero-order valence-electron chi connectivity index (χ0n) is 7.37. The molecule has 1 saturated heterocycles. The fourth-order valence-electron chi connectivity index (χ4n) is 2.22. The van der Waals surface area contributed by atoms with Crippen LogP contribution in [0.5, 0.6) is 0 Å². The Hall–Kier alpha value is -1.06. The van der Waals surface area contributed by atoms with Crippen LogP contribution in [0.2, 0.25) is 0 Å². The Kier molecular flexibility index (Phi) is 1.78. The number of halogens is 2. The number of nitrogens with zero attached hydrogens (tertiary/aromatic N) is 1. The molecule has 2 aliphatic heterocycles. The van der Waals surface area contributed by atoms with E-state index >= 15 is 0 Å². The van der Waals surface area contributed by atoms with Gasteiger partial charge in [0.1, 0.15) is 5.83 Å². The quantitative estimate of drug-likeness (QED) is 0.631. The maximum Gasteiger partial charge on any atom is 0.180 e. The first kappa shape index (κ1) is 8.53. The van der Waals surface area contributed by atoms with E-state index in [1.54, 1.807) is 0 Å². The minimum atomic E-state index is -0.663. The SMILES string of the molecule is CC1C(/C=C(\N)F)C2CC(F)=CN12. The van der Waals surface area contributed by atoms with E-state index in [0.29, 0.717) is 6.42 Å². The van der Waals surface area contributed by atoms with Gasteiger partial charge in [0.25, 0.3) is 0 Å². The van der Waals surface area contributed by atoms with Crippen LogP contribution < -0.4 is 5.73 Å². The average molecular weight is 186 g/mol. The first-order valence-electron chi connectivity index (χ1n) is 4.36. The highest BCUT2D eigenvalue weighted by atomic mass is 19.1. The molecule has 2 aliphatic rings. The molecule has 0 radical (unpaired) electrons. The zero-order chi connectivity index (χ0) is 9.59. The summed E-state index contributed by atoms with van der Waals surface area (Å²) in [7, 11) is 0. The molecule has 2 N–H and O–H groups in total. The van der Waals surface area contributed by atoms with Crippen LogP contribution >= 0.6 is 0 Å². The van der Waals surface area contributed by atoms with Crippen molar-refractivity contribution < 1.29 is 8.78 Å². The summed E-state index contributed by atoms with van der Waals surface area (Å²) in [6.07, 6.45) is 3.28. The molecule has 0 saturated carbocycles. The highest BCUT2D eigenvalue weighted by Crippen LogP contribution is 2.42. The van der Waals surface area contributed by atoms with Crippen molar-refractivity contribution in [1.82, 2.24) is 4.90 Å². The van der Waals surface area contributed by atoms with E-state index in [1.165, 1.54) is 12.3 Å². The van der Waals surface area contributed by atoms with Crippen LogP contribution in [0, 0.1) is 5.92 Å². The van der Waals surface area contributed by atoms with Crippen molar-refractivity contribution in [2.75, 3.05) is 0 Å². The van der Waals surface area contributed by atoms with Gasteiger partial charge in [0.15, 0.2) is 5.95 Å². The summed E-state index contributed by atoms with van der Waals surface area (Å²) in [6, 6.07) is 0.247. The summed E-state index contributed by atoms with van der Waals surface area (Å²) in [5, 5.41) is 0. The molecule has 0 aromatic heterocycles. The van der Waals surface area contributed by atoms with E-state index in [4.69, 9.17) is 5.73 Å². The van der Waals surface area contributed by atoms with Crippen LogP contribution in [0.25, 0.3) is 0 Å². The van der Waals surface area contributed by atoms with Gasteiger partial charge in [0, 0.05) is 30.6 Å². The highest BCUT2D eigenvalue weighted by Gasteiger charge is 2.46. The number of fused-ring (bicyclic) bond motifs is 1. The Morgan fingerprint density at radius 2 is 2.46 bits per heavy atom. The van der Waals surface area contributed by atoms with Gasteiger partial charge in [-0.1, -0.05) is 0 Å². The summed E-state index contributed by atoms with van der Waals surface area (Å²) in [4.78, 5) is 1.92. The molecule has 72 valence electrons. The second kappa shape index (κ2) is 2.72. The normalized spacial score (nSPS) is 38.4. The van der Waals surface area contributed by atoms with Crippen molar-refractivity contribution in [2.45, 2.75) is 25.4 Å². The molecule has 2 heterocycles. The Bertz CT molecular complexity index is 281. The van der Waals surface area contributed by atoms with Gasteiger partial charge in [-0.2, -0.15) is 4.39 Å². The third kappa shape index (κ3) is 1.20. The molecule has 0 aliphatic carbocycles. The third-order valence-corrected chi connectivity index (χ3v) is 2.90. The number of hydrogen-bond acceptors (Lipinski definition) is 2. The molecule has 2 rings (SSSR count). The topological polar surface area (TPSA) is 29.3 Å². The van der Waals surface area contributed by atoms with Crippen LogP contribution in [-0.4, -0.2) is 17.0 Å². The Balaban J connectivity index is 2.09. The van der Waals surface area contributed by atoms with E-state index in [-0.39, 0.29) is 23.8 Å². The molecule has 0 amide bonds. The molecule has 0 aromatic carbocycles. The molecular weight excluding hydrogens is 174 g/mol. The molecular formula is C9H12F2N2. The fourth-order valence-corrected chi connectivity index (χ4v) is 2.22. The average Bonchev–Trinajstić information content (AvgIpc) is 2.40. The van der Waals surface area contributed by atoms with Gasteiger partial charge in [-0.25, -0.2) is 4.39 Å². The van der Waals surface area contributed by atoms with Gasteiger partial charge < -0.3 is 10.6 Å². The highest BCUT2D eigenvalue weighted by molar-refractivity contribution is 5.20. The Labute approximate surface area is 75.7 Å². The monoisotopic (exact) mass is 186 g/mol. The Morgan fingerprint density at radius 1 is 1.77 bits per heavy atom. The summed E-state index contributed by atoms with van der Waals surface area (Å²) in [6.45, 7) is 1.94. The number of hydrogen-bond donors (Lipinski definition) is 1. The summed E-state index contributed by atoms with van der Waals surface area (Å²) >= 11 is 0. The standard InChI is InChI=1S/C9H12F2N2/c1-5-7(3-9(11)12)8-2-6(10)4-13(5)8/h3-5,7-8H,2,12H2,1H3/b9-3-. The molecule has 13 heavy (non-hydrogen) atoms. The maximum absolute atomic E-state index is 12.8. The van der Waals surface area contributed by atoms with Gasteiger partial charge >= 0.3 is 0 Å². The predicted octanol–water partition coefficient (Wildman–Crippen LogP) is 1.66. The second-order valence-electron chi connectivity index (χ2n) is 3.66. The van der Waals surface area contributed by atoms with Crippen LogP contribution in [0.4, 0.5) is 8.78 Å². The number of nitrogens with two attached hydrogens (primary N) is 1. The molecule has 2 nitrogen and oxygen atoms in total. The van der Waals surface area contributed by atoms with Crippen molar-refractivity contribution in [3.8, 4) is 0 Å². The molecule has 4 heteroatoms. The van der Waals surface area contributed by atoms with Crippen molar-refractivity contribution in [1.29, 1.82) is 0 Å².